The van der Waals surface area contributed by atoms with Crippen LogP contribution in [-0.4, -0.2) is 29.8 Å². The van der Waals surface area contributed by atoms with Gasteiger partial charge in [0.05, 0.1) is 10.7 Å². The third-order valence-corrected chi connectivity index (χ3v) is 5.53. The Hall–Kier alpha value is -1.41. The van der Waals surface area contributed by atoms with Gasteiger partial charge < -0.3 is 10.6 Å². The number of amides is 1. The Morgan fingerprint density at radius 1 is 1.12 bits per heavy atom. The zero-order valence-corrected chi connectivity index (χ0v) is 16.2. The maximum absolute atomic E-state index is 13.2. The molecule has 25 heavy (non-hydrogen) atoms. The van der Waals surface area contributed by atoms with Crippen LogP contribution in [0.15, 0.2) is 36.4 Å². The number of piperidine rings is 1. The molecule has 2 aromatic carbocycles. The van der Waals surface area contributed by atoms with E-state index >= 15 is 0 Å². The minimum atomic E-state index is -2.66. The van der Waals surface area contributed by atoms with Gasteiger partial charge in [0.15, 0.2) is 0 Å². The summed E-state index contributed by atoms with van der Waals surface area (Å²) in [6.07, 6.45) is -0.557. The largest absolute Gasteiger partial charge is 0.397 e. The Labute approximate surface area is 163 Å². The van der Waals surface area contributed by atoms with E-state index in [0.29, 0.717) is 16.3 Å². The van der Waals surface area contributed by atoms with E-state index in [1.165, 1.54) is 4.90 Å². The fourth-order valence-electron chi connectivity index (χ4n) is 2.78. The van der Waals surface area contributed by atoms with Crippen molar-refractivity contribution in [2.75, 3.05) is 18.8 Å². The summed E-state index contributed by atoms with van der Waals surface area (Å²) in [5.41, 5.74) is 8.69. The first kappa shape index (κ1) is 18.4. The van der Waals surface area contributed by atoms with Crippen LogP contribution in [0.1, 0.15) is 23.2 Å². The molecule has 0 aliphatic carbocycles. The molecule has 1 saturated heterocycles. The number of nitrogens with zero attached hydrogens (tertiary/aromatic N) is 1. The molecule has 0 bridgehead atoms. The lowest BCUT2D eigenvalue weighted by molar-refractivity contribution is -0.0494. The van der Waals surface area contributed by atoms with Crippen LogP contribution in [0.5, 0.6) is 0 Å². The molecule has 0 atom stereocenters. The Morgan fingerprint density at radius 2 is 1.72 bits per heavy atom. The Morgan fingerprint density at radius 3 is 2.28 bits per heavy atom. The first-order chi connectivity index (χ1) is 11.8. The van der Waals surface area contributed by atoms with Gasteiger partial charge in [-0.15, -0.1) is 0 Å². The van der Waals surface area contributed by atoms with E-state index in [4.69, 9.17) is 17.3 Å². The lowest BCUT2D eigenvalue weighted by Gasteiger charge is -2.31. The smallest absolute Gasteiger partial charge is 0.253 e. The molecule has 1 heterocycles. The van der Waals surface area contributed by atoms with E-state index in [-0.39, 0.29) is 31.8 Å². The zero-order chi connectivity index (χ0) is 18.2. The van der Waals surface area contributed by atoms with Gasteiger partial charge in [0, 0.05) is 35.1 Å². The third-order valence-electron chi connectivity index (χ3n) is 4.33. The number of nitrogens with two attached hydrogens (primary N) is 1. The lowest BCUT2D eigenvalue weighted by atomic mass is 10.0. The highest BCUT2D eigenvalue weighted by Gasteiger charge is 2.35. The van der Waals surface area contributed by atoms with Crippen LogP contribution in [0.2, 0.25) is 5.02 Å². The first-order valence-corrected chi connectivity index (χ1v) is 9.24. The number of hydrogen-bond acceptors (Lipinski definition) is 2. The van der Waals surface area contributed by atoms with Crippen molar-refractivity contribution in [3.05, 3.63) is 50.6 Å². The van der Waals surface area contributed by atoms with Gasteiger partial charge in [0.25, 0.3) is 11.8 Å². The molecule has 3 nitrogen and oxygen atoms in total. The summed E-state index contributed by atoms with van der Waals surface area (Å²) in [4.78, 5) is 13.9. The molecular weight excluding hydrogens is 461 g/mol. The van der Waals surface area contributed by atoms with Crippen molar-refractivity contribution in [1.82, 2.24) is 4.90 Å². The molecule has 0 aromatic heterocycles. The summed E-state index contributed by atoms with van der Waals surface area (Å²) >= 11 is 8.24. The molecule has 7 heteroatoms. The molecule has 1 amide bonds. The predicted octanol–water partition coefficient (Wildman–Crippen LogP) is 5.07. The summed E-state index contributed by atoms with van der Waals surface area (Å²) in [5.74, 6) is -2.88. The number of halogens is 4. The summed E-state index contributed by atoms with van der Waals surface area (Å²) in [6.45, 7) is 0.165. The Balaban J connectivity index is 1.77. The second-order valence-electron chi connectivity index (χ2n) is 6.08. The third kappa shape index (κ3) is 4.06. The quantitative estimate of drug-likeness (QED) is 0.486. The van der Waals surface area contributed by atoms with E-state index < -0.39 is 5.92 Å². The fraction of sp³-hybridized carbons (Fsp3) is 0.278. The SMILES string of the molecule is Nc1c(Cl)cc(-c2ccc(C(=O)N3CCC(F)(F)CC3)cc2)cc1I. The maximum atomic E-state index is 13.2. The number of rotatable bonds is 2. The van der Waals surface area contributed by atoms with Crippen LogP contribution in [0.4, 0.5) is 14.5 Å². The fourth-order valence-corrected chi connectivity index (χ4v) is 3.78. The molecule has 1 fully saturated rings. The number of anilines is 1. The van der Waals surface area contributed by atoms with Crippen LogP contribution < -0.4 is 5.73 Å². The van der Waals surface area contributed by atoms with Crippen molar-refractivity contribution >= 4 is 45.8 Å². The minimum Gasteiger partial charge on any atom is -0.397 e. The van der Waals surface area contributed by atoms with Gasteiger partial charge in [0.1, 0.15) is 0 Å². The van der Waals surface area contributed by atoms with Crippen LogP contribution in [0.3, 0.4) is 0 Å². The van der Waals surface area contributed by atoms with Crippen molar-refractivity contribution in [2.45, 2.75) is 18.8 Å². The first-order valence-electron chi connectivity index (χ1n) is 7.79. The van der Waals surface area contributed by atoms with Crippen molar-refractivity contribution in [1.29, 1.82) is 0 Å². The van der Waals surface area contributed by atoms with Crippen LogP contribution in [0, 0.1) is 3.57 Å². The summed E-state index contributed by atoms with van der Waals surface area (Å²) in [5, 5.41) is 0.483. The molecule has 0 saturated carbocycles. The zero-order valence-electron chi connectivity index (χ0n) is 13.2. The molecule has 1 aliphatic heterocycles. The number of alkyl halides is 2. The Bertz CT molecular complexity index is 778. The van der Waals surface area contributed by atoms with E-state index in [2.05, 4.69) is 22.6 Å². The summed E-state index contributed by atoms with van der Waals surface area (Å²) in [7, 11) is 0. The van der Waals surface area contributed by atoms with Crippen molar-refractivity contribution in [3.8, 4) is 11.1 Å². The predicted molar refractivity (Wildman–Crippen MR) is 104 cm³/mol. The van der Waals surface area contributed by atoms with Gasteiger partial charge in [-0.1, -0.05) is 23.7 Å². The van der Waals surface area contributed by atoms with Crippen molar-refractivity contribution in [3.63, 3.8) is 0 Å². The topological polar surface area (TPSA) is 46.3 Å². The van der Waals surface area contributed by atoms with Gasteiger partial charge in [-0.3, -0.25) is 4.79 Å². The number of carbonyl (C=O) groups is 1. The second-order valence-corrected chi connectivity index (χ2v) is 7.65. The average Bonchev–Trinajstić information content (AvgIpc) is 2.59. The van der Waals surface area contributed by atoms with Crippen LogP contribution >= 0.6 is 34.2 Å². The highest BCUT2D eigenvalue weighted by Crippen LogP contribution is 2.32. The van der Waals surface area contributed by atoms with Crippen LogP contribution in [0.25, 0.3) is 11.1 Å². The molecule has 2 N–H and O–H groups in total. The van der Waals surface area contributed by atoms with Gasteiger partial charge >= 0.3 is 0 Å². The Kier molecular flexibility index (Phi) is 5.20. The molecular formula is C18H16ClF2IN2O. The minimum absolute atomic E-state index is 0.0827. The van der Waals surface area contributed by atoms with Crippen molar-refractivity contribution in [2.24, 2.45) is 0 Å². The normalized spacial score (nSPS) is 16.7. The number of likely N-dealkylation sites (tertiary alicyclic amines) is 1. The number of hydrogen-bond donors (Lipinski definition) is 1. The summed E-state index contributed by atoms with van der Waals surface area (Å²) in [6, 6.07) is 10.8. The summed E-state index contributed by atoms with van der Waals surface area (Å²) < 4.78 is 27.3. The second kappa shape index (κ2) is 7.07. The van der Waals surface area contributed by atoms with Crippen LogP contribution in [-0.2, 0) is 0 Å². The molecule has 0 unspecified atom stereocenters. The van der Waals surface area contributed by atoms with Gasteiger partial charge in [-0.05, 0) is 58.0 Å². The highest BCUT2D eigenvalue weighted by molar-refractivity contribution is 14.1. The van der Waals surface area contributed by atoms with Gasteiger partial charge in [0.2, 0.25) is 0 Å². The van der Waals surface area contributed by atoms with E-state index in [1.54, 1.807) is 18.2 Å². The molecule has 1 aliphatic rings. The number of carbonyl (C=O) groups excluding carboxylic acids is 1. The average molecular weight is 477 g/mol. The standard InChI is InChI=1S/C18H16ClF2IN2O/c19-14-9-13(10-15(22)16(14)23)11-1-3-12(4-2-11)17(25)24-7-5-18(20,21)6-8-24/h1-4,9-10H,5-8,23H2. The van der Waals surface area contributed by atoms with E-state index in [0.717, 1.165) is 14.7 Å². The monoisotopic (exact) mass is 476 g/mol. The van der Waals surface area contributed by atoms with Crippen molar-refractivity contribution < 1.29 is 13.6 Å². The molecule has 132 valence electrons. The number of nitrogen functional groups attached to an aromatic ring is 1. The van der Waals surface area contributed by atoms with Gasteiger partial charge in [-0.25, -0.2) is 8.78 Å². The maximum Gasteiger partial charge on any atom is 0.253 e. The molecule has 0 radical (unpaired) electrons. The molecule has 3 rings (SSSR count). The molecule has 0 spiro atoms. The molecule has 2 aromatic rings. The number of benzene rings is 2. The highest BCUT2D eigenvalue weighted by atomic mass is 127. The lowest BCUT2D eigenvalue weighted by Crippen LogP contribution is -2.42. The van der Waals surface area contributed by atoms with Gasteiger partial charge in [-0.2, -0.15) is 0 Å². The van der Waals surface area contributed by atoms with E-state index in [1.807, 2.05) is 18.2 Å². The van der Waals surface area contributed by atoms with E-state index in [9.17, 15) is 13.6 Å².